The van der Waals surface area contributed by atoms with Crippen LogP contribution < -0.4 is 10.3 Å². The molecular formula is C21H24N2O3S. The van der Waals surface area contributed by atoms with Gasteiger partial charge in [-0.25, -0.2) is 4.98 Å². The number of ketones is 1. The summed E-state index contributed by atoms with van der Waals surface area (Å²) in [6.07, 6.45) is 0.968. The molecule has 0 radical (unpaired) electrons. The largest absolute Gasteiger partial charge is 0.496 e. The molecule has 0 saturated carbocycles. The Bertz CT molecular complexity index is 1080. The number of Topliss-reactive ketones (excluding diaryl/α,β-unsaturated/α-hetero) is 1. The highest BCUT2D eigenvalue weighted by Gasteiger charge is 2.21. The molecular weight excluding hydrogens is 360 g/mol. The van der Waals surface area contributed by atoms with Crippen molar-refractivity contribution in [2.24, 2.45) is 0 Å². The molecule has 2 aromatic heterocycles. The molecule has 0 bridgehead atoms. The molecule has 142 valence electrons. The fraction of sp³-hybridized carbons (Fsp3) is 0.381. The number of aromatic nitrogens is 2. The van der Waals surface area contributed by atoms with Gasteiger partial charge in [0.25, 0.3) is 5.56 Å². The van der Waals surface area contributed by atoms with Crippen LogP contribution in [0.2, 0.25) is 0 Å². The highest BCUT2D eigenvalue weighted by atomic mass is 32.1. The first-order valence-electron chi connectivity index (χ1n) is 9.04. The van der Waals surface area contributed by atoms with Crippen LogP contribution in [0.15, 0.2) is 23.0 Å². The van der Waals surface area contributed by atoms with Crippen LogP contribution in [-0.2, 0) is 17.8 Å². The van der Waals surface area contributed by atoms with Crippen molar-refractivity contribution in [1.82, 2.24) is 9.55 Å². The summed E-state index contributed by atoms with van der Waals surface area (Å²) in [4.78, 5) is 31.4. The van der Waals surface area contributed by atoms with E-state index in [2.05, 4.69) is 0 Å². The zero-order valence-electron chi connectivity index (χ0n) is 16.4. The quantitative estimate of drug-likeness (QED) is 0.636. The number of thiophene rings is 1. The van der Waals surface area contributed by atoms with Crippen LogP contribution >= 0.6 is 11.3 Å². The Morgan fingerprint density at radius 2 is 2.04 bits per heavy atom. The molecule has 0 saturated heterocycles. The maximum absolute atomic E-state index is 13.4. The molecule has 3 rings (SSSR count). The molecule has 0 atom stereocenters. The maximum atomic E-state index is 13.4. The summed E-state index contributed by atoms with van der Waals surface area (Å²) >= 11 is 1.53. The van der Waals surface area contributed by atoms with Gasteiger partial charge < -0.3 is 4.74 Å². The molecule has 0 fully saturated rings. The fourth-order valence-electron chi connectivity index (χ4n) is 3.35. The second-order valence-corrected chi connectivity index (χ2v) is 7.91. The van der Waals surface area contributed by atoms with Gasteiger partial charge in [0, 0.05) is 35.4 Å². The maximum Gasteiger partial charge on any atom is 0.262 e. The molecule has 0 aliphatic heterocycles. The third-order valence-electron chi connectivity index (χ3n) is 4.69. The van der Waals surface area contributed by atoms with E-state index in [9.17, 15) is 9.59 Å². The summed E-state index contributed by atoms with van der Waals surface area (Å²) in [5, 5.41) is 0.613. The van der Waals surface area contributed by atoms with Gasteiger partial charge in [-0.1, -0.05) is 18.6 Å². The van der Waals surface area contributed by atoms with Crippen LogP contribution in [0, 0.1) is 13.8 Å². The molecule has 1 aromatic carbocycles. The van der Waals surface area contributed by atoms with Crippen molar-refractivity contribution in [3.8, 4) is 16.9 Å². The van der Waals surface area contributed by atoms with Crippen molar-refractivity contribution in [1.29, 1.82) is 0 Å². The van der Waals surface area contributed by atoms with E-state index in [1.165, 1.54) is 11.3 Å². The van der Waals surface area contributed by atoms with E-state index >= 15 is 0 Å². The molecule has 2 heterocycles. The Hall–Kier alpha value is -2.47. The van der Waals surface area contributed by atoms with E-state index in [0.717, 1.165) is 38.0 Å². The lowest BCUT2D eigenvalue weighted by Crippen LogP contribution is -2.26. The standard InChI is InChI=1S/C21H24N2O3S/c1-6-17-22-20-19(21(25)23(17)10-9-13(3)24)18(14(4)27-20)15-11-12(2)7-8-16(15)26-5/h7-8,11H,6,9-10H2,1-5H3. The van der Waals surface area contributed by atoms with Crippen LogP contribution in [0.4, 0.5) is 0 Å². The van der Waals surface area contributed by atoms with Crippen molar-refractivity contribution in [3.63, 3.8) is 0 Å². The molecule has 3 aromatic rings. The molecule has 6 heteroatoms. The number of carbonyl (C=O) groups is 1. The predicted octanol–water partition coefficient (Wildman–Crippen LogP) is 4.29. The lowest BCUT2D eigenvalue weighted by molar-refractivity contribution is -0.117. The zero-order chi connectivity index (χ0) is 19.7. The normalized spacial score (nSPS) is 11.1. The first kappa shape index (κ1) is 19.3. The number of hydrogen-bond acceptors (Lipinski definition) is 5. The van der Waals surface area contributed by atoms with Gasteiger partial charge in [0.05, 0.1) is 12.5 Å². The van der Waals surface area contributed by atoms with Gasteiger partial charge in [-0.2, -0.15) is 0 Å². The minimum atomic E-state index is -0.0824. The summed E-state index contributed by atoms with van der Waals surface area (Å²) < 4.78 is 7.21. The Labute approximate surface area is 162 Å². The van der Waals surface area contributed by atoms with E-state index in [1.54, 1.807) is 18.6 Å². The third kappa shape index (κ3) is 3.54. The van der Waals surface area contributed by atoms with Crippen molar-refractivity contribution in [3.05, 3.63) is 44.8 Å². The SMILES string of the molecule is CCc1nc2sc(C)c(-c3cc(C)ccc3OC)c2c(=O)n1CCC(C)=O. The fourth-order valence-corrected chi connectivity index (χ4v) is 4.39. The van der Waals surface area contributed by atoms with Crippen LogP contribution in [0.25, 0.3) is 21.3 Å². The monoisotopic (exact) mass is 384 g/mol. The molecule has 0 spiro atoms. The van der Waals surface area contributed by atoms with Gasteiger partial charge in [-0.3, -0.25) is 14.2 Å². The first-order valence-corrected chi connectivity index (χ1v) is 9.86. The van der Waals surface area contributed by atoms with Gasteiger partial charge in [0.15, 0.2) is 0 Å². The van der Waals surface area contributed by atoms with Crippen LogP contribution in [0.1, 0.15) is 36.5 Å². The number of aryl methyl sites for hydroxylation is 3. The molecule has 0 N–H and O–H groups in total. The van der Waals surface area contributed by atoms with E-state index in [4.69, 9.17) is 9.72 Å². The summed E-state index contributed by atoms with van der Waals surface area (Å²) in [6, 6.07) is 5.96. The number of carbonyl (C=O) groups excluding carboxylic acids is 1. The van der Waals surface area contributed by atoms with E-state index < -0.39 is 0 Å². The van der Waals surface area contributed by atoms with Crippen molar-refractivity contribution in [2.75, 3.05) is 7.11 Å². The Kier molecular flexibility index (Phi) is 5.46. The summed E-state index contributed by atoms with van der Waals surface area (Å²) in [6.45, 7) is 7.91. The molecule has 27 heavy (non-hydrogen) atoms. The molecule has 0 amide bonds. The van der Waals surface area contributed by atoms with Gasteiger partial charge in [-0.15, -0.1) is 11.3 Å². The minimum absolute atomic E-state index is 0.0612. The Morgan fingerprint density at radius 3 is 2.67 bits per heavy atom. The molecule has 0 unspecified atom stereocenters. The predicted molar refractivity (Wildman–Crippen MR) is 110 cm³/mol. The number of hydrogen-bond donors (Lipinski definition) is 0. The highest BCUT2D eigenvalue weighted by molar-refractivity contribution is 7.19. The Balaban J connectivity index is 2.34. The van der Waals surface area contributed by atoms with Gasteiger partial charge >= 0.3 is 0 Å². The average molecular weight is 385 g/mol. The van der Waals surface area contributed by atoms with Crippen molar-refractivity contribution >= 4 is 27.3 Å². The number of fused-ring (bicyclic) bond motifs is 1. The average Bonchev–Trinajstić information content (AvgIpc) is 2.96. The van der Waals surface area contributed by atoms with Gasteiger partial charge in [0.2, 0.25) is 0 Å². The summed E-state index contributed by atoms with van der Waals surface area (Å²) in [5.74, 6) is 1.52. The molecule has 0 aliphatic carbocycles. The van der Waals surface area contributed by atoms with E-state index in [-0.39, 0.29) is 11.3 Å². The molecule has 5 nitrogen and oxygen atoms in total. The number of benzene rings is 1. The number of nitrogens with zero attached hydrogens (tertiary/aromatic N) is 2. The smallest absolute Gasteiger partial charge is 0.262 e. The molecule has 0 aliphatic rings. The summed E-state index contributed by atoms with van der Waals surface area (Å²) in [7, 11) is 1.64. The third-order valence-corrected chi connectivity index (χ3v) is 5.69. The highest BCUT2D eigenvalue weighted by Crippen LogP contribution is 2.40. The summed E-state index contributed by atoms with van der Waals surface area (Å²) in [5.41, 5.74) is 2.80. The zero-order valence-corrected chi connectivity index (χ0v) is 17.2. The topological polar surface area (TPSA) is 61.2 Å². The minimum Gasteiger partial charge on any atom is -0.496 e. The van der Waals surface area contributed by atoms with Crippen LogP contribution in [-0.4, -0.2) is 22.4 Å². The van der Waals surface area contributed by atoms with Gasteiger partial charge in [0.1, 0.15) is 22.2 Å². The lowest BCUT2D eigenvalue weighted by Gasteiger charge is -2.13. The number of rotatable bonds is 6. The number of methoxy groups -OCH3 is 1. The van der Waals surface area contributed by atoms with Crippen molar-refractivity contribution in [2.45, 2.75) is 47.1 Å². The Morgan fingerprint density at radius 1 is 1.30 bits per heavy atom. The van der Waals surface area contributed by atoms with Gasteiger partial charge in [-0.05, 0) is 32.9 Å². The second kappa shape index (κ2) is 7.64. The van der Waals surface area contributed by atoms with E-state index in [1.807, 2.05) is 39.0 Å². The van der Waals surface area contributed by atoms with Crippen LogP contribution in [0.5, 0.6) is 5.75 Å². The first-order chi connectivity index (χ1) is 12.9. The number of ether oxygens (including phenoxy) is 1. The van der Waals surface area contributed by atoms with E-state index in [0.29, 0.717) is 24.8 Å². The van der Waals surface area contributed by atoms with Crippen molar-refractivity contribution < 1.29 is 9.53 Å². The lowest BCUT2D eigenvalue weighted by atomic mass is 10.0. The van der Waals surface area contributed by atoms with Crippen LogP contribution in [0.3, 0.4) is 0 Å². The second-order valence-electron chi connectivity index (χ2n) is 6.71.